The maximum atomic E-state index is 13.3. The van der Waals surface area contributed by atoms with E-state index >= 15 is 0 Å². The number of hydrogen-bond acceptors (Lipinski definition) is 4. The molecule has 0 aliphatic carbocycles. The summed E-state index contributed by atoms with van der Waals surface area (Å²) in [4.78, 5) is 29.3. The van der Waals surface area contributed by atoms with Crippen LogP contribution < -0.4 is 0 Å². The highest BCUT2D eigenvalue weighted by atomic mass is 16.6. The van der Waals surface area contributed by atoms with Crippen molar-refractivity contribution in [2.75, 3.05) is 19.7 Å². The van der Waals surface area contributed by atoms with Crippen LogP contribution in [-0.4, -0.2) is 47.5 Å². The zero-order valence-corrected chi connectivity index (χ0v) is 16.2. The summed E-state index contributed by atoms with van der Waals surface area (Å²) in [6, 6.07) is 20.0. The molecule has 2 amide bonds. The summed E-state index contributed by atoms with van der Waals surface area (Å²) < 4.78 is 5.24. The summed E-state index contributed by atoms with van der Waals surface area (Å²) >= 11 is 0. The van der Waals surface area contributed by atoms with Crippen LogP contribution >= 0.6 is 0 Å². The molecule has 3 atom stereocenters. The van der Waals surface area contributed by atoms with Gasteiger partial charge in [0.25, 0.3) is 0 Å². The summed E-state index contributed by atoms with van der Waals surface area (Å²) in [7, 11) is 0. The number of cyclic esters (lactones) is 1. The number of likely N-dealkylation sites (tertiary alicyclic amines) is 1. The average molecular weight is 378 g/mol. The number of ether oxygens (including phenoxy) is 1. The minimum Gasteiger partial charge on any atom is -0.447 e. The smallest absolute Gasteiger partial charge is 0.416 e. The Morgan fingerprint density at radius 2 is 1.64 bits per heavy atom. The van der Waals surface area contributed by atoms with Gasteiger partial charge in [0.05, 0.1) is 12.0 Å². The van der Waals surface area contributed by atoms with E-state index in [1.165, 1.54) is 10.5 Å². The van der Waals surface area contributed by atoms with Crippen LogP contribution in [0, 0.1) is 11.8 Å². The molecule has 0 unspecified atom stereocenters. The molecule has 2 saturated heterocycles. The molecule has 0 aromatic heterocycles. The minimum absolute atomic E-state index is 0.0912. The van der Waals surface area contributed by atoms with E-state index in [0.717, 1.165) is 18.7 Å². The average Bonchev–Trinajstić information content (AvgIpc) is 3.25. The van der Waals surface area contributed by atoms with Crippen LogP contribution in [0.4, 0.5) is 4.79 Å². The first-order valence-corrected chi connectivity index (χ1v) is 9.92. The van der Waals surface area contributed by atoms with Gasteiger partial charge in [-0.3, -0.25) is 9.69 Å². The summed E-state index contributed by atoms with van der Waals surface area (Å²) in [5, 5.41) is 0. The highest BCUT2D eigenvalue weighted by molar-refractivity contribution is 5.95. The molecule has 5 heteroatoms. The highest BCUT2D eigenvalue weighted by Crippen LogP contribution is 2.29. The predicted molar refractivity (Wildman–Crippen MR) is 107 cm³/mol. The Balaban J connectivity index is 1.44. The molecule has 2 fully saturated rings. The fourth-order valence-corrected chi connectivity index (χ4v) is 4.30. The molecule has 0 spiro atoms. The van der Waals surface area contributed by atoms with Gasteiger partial charge < -0.3 is 4.74 Å². The van der Waals surface area contributed by atoms with Gasteiger partial charge in [-0.1, -0.05) is 67.6 Å². The van der Waals surface area contributed by atoms with Gasteiger partial charge in [-0.2, -0.15) is 0 Å². The van der Waals surface area contributed by atoms with Gasteiger partial charge in [0.1, 0.15) is 6.61 Å². The summed E-state index contributed by atoms with van der Waals surface area (Å²) in [5.74, 6) is -0.0545. The van der Waals surface area contributed by atoms with Crippen LogP contribution in [0.5, 0.6) is 0 Å². The standard InChI is InChI=1S/C23H26N2O3/c1-17-13-24(14-19-10-6-3-7-11-19)15-21(17)22(26)25-20(16-28-23(25)27)12-18-8-4-2-5-9-18/h2-11,17,20-21H,12-16H2,1H3/t17-,20+,21+/m0/s1. The minimum atomic E-state index is -0.500. The molecule has 2 aromatic carbocycles. The van der Waals surface area contributed by atoms with Crippen molar-refractivity contribution in [3.63, 3.8) is 0 Å². The van der Waals surface area contributed by atoms with Crippen molar-refractivity contribution in [1.29, 1.82) is 0 Å². The van der Waals surface area contributed by atoms with Gasteiger partial charge in [-0.25, -0.2) is 9.69 Å². The second-order valence-corrected chi connectivity index (χ2v) is 7.89. The van der Waals surface area contributed by atoms with Crippen molar-refractivity contribution >= 4 is 12.0 Å². The second kappa shape index (κ2) is 8.15. The first-order chi connectivity index (χ1) is 13.6. The molecule has 2 aromatic rings. The highest BCUT2D eigenvalue weighted by Gasteiger charge is 2.44. The number of carbonyl (C=O) groups excluding carboxylic acids is 2. The van der Waals surface area contributed by atoms with Crippen LogP contribution in [0.1, 0.15) is 18.1 Å². The lowest BCUT2D eigenvalue weighted by Crippen LogP contribution is -2.45. The van der Waals surface area contributed by atoms with E-state index in [-0.39, 0.29) is 30.4 Å². The zero-order valence-electron chi connectivity index (χ0n) is 16.2. The third-order valence-electron chi connectivity index (χ3n) is 5.77. The fourth-order valence-electron chi connectivity index (χ4n) is 4.30. The molecule has 0 bridgehead atoms. The molecule has 0 saturated carbocycles. The summed E-state index contributed by atoms with van der Waals surface area (Å²) in [6.45, 7) is 4.73. The normalized spacial score (nSPS) is 25.1. The number of amides is 2. The van der Waals surface area contributed by atoms with E-state index in [4.69, 9.17) is 4.74 Å². The quantitative estimate of drug-likeness (QED) is 0.801. The molecule has 2 heterocycles. The Bertz CT molecular complexity index is 824. The first kappa shape index (κ1) is 18.7. The SMILES string of the molecule is C[C@H]1CN(Cc2ccccc2)C[C@H]1C(=O)N1C(=O)OC[C@H]1Cc1ccccc1. The molecular weight excluding hydrogens is 352 g/mol. The molecular formula is C23H26N2O3. The largest absolute Gasteiger partial charge is 0.447 e. The van der Waals surface area contributed by atoms with E-state index in [1.54, 1.807) is 0 Å². The molecule has 146 valence electrons. The fraction of sp³-hybridized carbons (Fsp3) is 0.391. The maximum absolute atomic E-state index is 13.3. The zero-order chi connectivity index (χ0) is 19.5. The van der Waals surface area contributed by atoms with Crippen molar-refractivity contribution in [2.24, 2.45) is 11.8 Å². The third-order valence-corrected chi connectivity index (χ3v) is 5.77. The maximum Gasteiger partial charge on any atom is 0.416 e. The Kier molecular flexibility index (Phi) is 5.44. The van der Waals surface area contributed by atoms with Crippen LogP contribution in [0.2, 0.25) is 0 Å². The predicted octanol–water partition coefficient (Wildman–Crippen LogP) is 3.34. The van der Waals surface area contributed by atoms with Gasteiger partial charge in [-0.15, -0.1) is 0 Å². The summed E-state index contributed by atoms with van der Waals surface area (Å²) in [5.41, 5.74) is 2.35. The lowest BCUT2D eigenvalue weighted by molar-refractivity contribution is -0.134. The lowest BCUT2D eigenvalue weighted by Gasteiger charge is -2.24. The Morgan fingerprint density at radius 3 is 2.32 bits per heavy atom. The number of rotatable bonds is 5. The Morgan fingerprint density at radius 1 is 1.00 bits per heavy atom. The molecule has 0 N–H and O–H groups in total. The molecule has 5 nitrogen and oxygen atoms in total. The van der Waals surface area contributed by atoms with E-state index in [2.05, 4.69) is 24.0 Å². The molecule has 4 rings (SSSR count). The van der Waals surface area contributed by atoms with Gasteiger partial charge in [-0.05, 0) is 23.5 Å². The van der Waals surface area contributed by atoms with E-state index in [1.807, 2.05) is 48.5 Å². The Hall–Kier alpha value is -2.66. The lowest BCUT2D eigenvalue weighted by atomic mass is 9.95. The van der Waals surface area contributed by atoms with Crippen molar-refractivity contribution in [1.82, 2.24) is 9.80 Å². The monoisotopic (exact) mass is 378 g/mol. The van der Waals surface area contributed by atoms with E-state index < -0.39 is 6.09 Å². The van der Waals surface area contributed by atoms with E-state index in [9.17, 15) is 9.59 Å². The Labute approximate surface area is 165 Å². The van der Waals surface area contributed by atoms with Crippen LogP contribution in [0.15, 0.2) is 60.7 Å². The summed E-state index contributed by atoms with van der Waals surface area (Å²) in [6.07, 6.45) is 0.132. The van der Waals surface area contributed by atoms with Crippen molar-refractivity contribution in [3.05, 3.63) is 71.8 Å². The van der Waals surface area contributed by atoms with E-state index in [0.29, 0.717) is 13.0 Å². The number of benzene rings is 2. The topological polar surface area (TPSA) is 49.9 Å². The number of carbonyl (C=O) groups is 2. The number of hydrogen-bond donors (Lipinski definition) is 0. The molecule has 2 aliphatic rings. The third kappa shape index (κ3) is 3.94. The van der Waals surface area contributed by atoms with Crippen LogP contribution in [0.3, 0.4) is 0 Å². The van der Waals surface area contributed by atoms with Gasteiger partial charge >= 0.3 is 6.09 Å². The van der Waals surface area contributed by atoms with Crippen LogP contribution in [0.25, 0.3) is 0 Å². The second-order valence-electron chi connectivity index (χ2n) is 7.89. The molecule has 2 aliphatic heterocycles. The van der Waals surface area contributed by atoms with Gasteiger partial charge in [0.2, 0.25) is 5.91 Å². The number of nitrogens with zero attached hydrogens (tertiary/aromatic N) is 2. The molecule has 28 heavy (non-hydrogen) atoms. The number of imide groups is 1. The molecule has 0 radical (unpaired) electrons. The van der Waals surface area contributed by atoms with Gasteiger partial charge in [0, 0.05) is 19.6 Å². The van der Waals surface area contributed by atoms with Crippen molar-refractivity contribution in [2.45, 2.75) is 25.9 Å². The van der Waals surface area contributed by atoms with Crippen LogP contribution in [-0.2, 0) is 22.5 Å². The van der Waals surface area contributed by atoms with Crippen molar-refractivity contribution < 1.29 is 14.3 Å². The van der Waals surface area contributed by atoms with Gasteiger partial charge in [0.15, 0.2) is 0 Å². The van der Waals surface area contributed by atoms with Crippen molar-refractivity contribution in [3.8, 4) is 0 Å². The first-order valence-electron chi connectivity index (χ1n) is 9.92.